The van der Waals surface area contributed by atoms with Crippen LogP contribution in [0.3, 0.4) is 0 Å². The second-order valence-electron chi connectivity index (χ2n) is 7.81. The van der Waals surface area contributed by atoms with Gasteiger partial charge in [-0.1, -0.05) is 53.6 Å². The molecule has 4 nitrogen and oxygen atoms in total. The molecule has 0 saturated carbocycles. The molecule has 1 atom stereocenters. The highest BCUT2D eigenvalue weighted by Crippen LogP contribution is 2.30. The molecule has 146 valence electrons. The molecular weight excluding hydrogens is 358 g/mol. The van der Waals surface area contributed by atoms with E-state index < -0.39 is 0 Å². The van der Waals surface area contributed by atoms with Gasteiger partial charge in [0.25, 0.3) is 0 Å². The van der Waals surface area contributed by atoms with Gasteiger partial charge in [-0.3, -0.25) is 0 Å². The van der Waals surface area contributed by atoms with Crippen LogP contribution in [0.25, 0.3) is 22.8 Å². The minimum Gasteiger partial charge on any atom is -0.508 e. The zero-order valence-electron chi connectivity index (χ0n) is 17.3. The largest absolute Gasteiger partial charge is 0.508 e. The second-order valence-corrected chi connectivity index (χ2v) is 7.81. The topological polar surface area (TPSA) is 58.9 Å². The summed E-state index contributed by atoms with van der Waals surface area (Å²) in [6, 6.07) is 12.6. The van der Waals surface area contributed by atoms with Gasteiger partial charge in [0.2, 0.25) is 0 Å². The van der Waals surface area contributed by atoms with Crippen molar-refractivity contribution in [1.82, 2.24) is 15.0 Å². The molecule has 4 heteroatoms. The number of aliphatic hydroxyl groups excluding tert-OH is 1. The maximum Gasteiger partial charge on any atom is 0.164 e. The van der Waals surface area contributed by atoms with Crippen molar-refractivity contribution in [2.75, 3.05) is 0 Å². The van der Waals surface area contributed by atoms with Gasteiger partial charge in [-0.05, 0) is 57.4 Å². The first-order valence-electron chi connectivity index (χ1n) is 9.89. The van der Waals surface area contributed by atoms with Crippen LogP contribution in [0.4, 0.5) is 0 Å². The van der Waals surface area contributed by atoms with Crippen molar-refractivity contribution in [1.29, 1.82) is 0 Å². The van der Waals surface area contributed by atoms with Crippen molar-refractivity contribution >= 4 is 0 Å². The summed E-state index contributed by atoms with van der Waals surface area (Å²) < 4.78 is 0. The first-order chi connectivity index (χ1) is 13.9. The van der Waals surface area contributed by atoms with Gasteiger partial charge >= 0.3 is 0 Å². The SMILES string of the molecule is Cc1ccc(-c2nc(-c3ccc(C)cc3C)nc(C3C=CC(O)=CC3)n2)c(C)c1. The third-order valence-electron chi connectivity index (χ3n) is 5.31. The summed E-state index contributed by atoms with van der Waals surface area (Å²) in [5.41, 5.74) is 6.75. The van der Waals surface area contributed by atoms with E-state index in [1.807, 2.05) is 12.2 Å². The van der Waals surface area contributed by atoms with Crippen LogP contribution in [0.5, 0.6) is 0 Å². The minimum absolute atomic E-state index is 0.0166. The van der Waals surface area contributed by atoms with E-state index >= 15 is 0 Å². The number of aromatic nitrogens is 3. The lowest BCUT2D eigenvalue weighted by atomic mass is 9.98. The predicted octanol–water partition coefficient (Wildman–Crippen LogP) is 5.92. The van der Waals surface area contributed by atoms with Crippen LogP contribution in [0.1, 0.15) is 40.4 Å². The molecule has 0 saturated heterocycles. The van der Waals surface area contributed by atoms with Crippen LogP contribution in [0, 0.1) is 27.7 Å². The fourth-order valence-electron chi connectivity index (χ4n) is 3.73. The Kier molecular flexibility index (Phi) is 5.01. The molecule has 1 unspecified atom stereocenters. The molecule has 3 aromatic rings. The Morgan fingerprint density at radius 2 is 1.34 bits per heavy atom. The molecule has 1 aromatic heterocycles. The molecule has 0 bridgehead atoms. The normalized spacial score (nSPS) is 16.0. The summed E-state index contributed by atoms with van der Waals surface area (Å²) in [6.07, 6.45) is 6.15. The first-order valence-corrected chi connectivity index (χ1v) is 9.89. The Hall–Kier alpha value is -3.27. The lowest BCUT2D eigenvalue weighted by Gasteiger charge is -2.16. The van der Waals surface area contributed by atoms with Gasteiger partial charge in [0.05, 0.1) is 0 Å². The number of allylic oxidation sites excluding steroid dienone is 3. The van der Waals surface area contributed by atoms with E-state index in [4.69, 9.17) is 15.0 Å². The number of benzene rings is 2. The van der Waals surface area contributed by atoms with Crippen LogP contribution in [-0.2, 0) is 0 Å². The Balaban J connectivity index is 1.89. The van der Waals surface area contributed by atoms with Gasteiger partial charge in [-0.25, -0.2) is 15.0 Å². The predicted molar refractivity (Wildman–Crippen MR) is 117 cm³/mol. The lowest BCUT2D eigenvalue weighted by molar-refractivity contribution is 0.424. The highest BCUT2D eigenvalue weighted by Gasteiger charge is 2.19. The molecule has 0 aliphatic heterocycles. The third-order valence-corrected chi connectivity index (χ3v) is 5.31. The summed E-state index contributed by atoms with van der Waals surface area (Å²) in [5, 5.41) is 9.68. The highest BCUT2D eigenvalue weighted by atomic mass is 16.3. The summed E-state index contributed by atoms with van der Waals surface area (Å²) >= 11 is 0. The molecule has 1 heterocycles. The Bertz CT molecular complexity index is 1080. The number of rotatable bonds is 3. The minimum atomic E-state index is 0.0166. The van der Waals surface area contributed by atoms with E-state index in [1.165, 1.54) is 11.1 Å². The van der Waals surface area contributed by atoms with Gasteiger partial charge in [0.15, 0.2) is 11.6 Å². The lowest BCUT2D eigenvalue weighted by Crippen LogP contribution is -2.09. The summed E-state index contributed by atoms with van der Waals surface area (Å²) in [5.74, 6) is 2.41. The van der Waals surface area contributed by atoms with Crippen molar-refractivity contribution in [3.63, 3.8) is 0 Å². The number of nitrogens with zero attached hydrogens (tertiary/aromatic N) is 3. The molecule has 0 amide bonds. The van der Waals surface area contributed by atoms with Crippen LogP contribution < -0.4 is 0 Å². The molecule has 0 radical (unpaired) electrons. The fourth-order valence-corrected chi connectivity index (χ4v) is 3.73. The number of hydrogen-bond donors (Lipinski definition) is 1. The number of aryl methyl sites for hydroxylation is 4. The standard InChI is InChI=1S/C25H25N3O/c1-15-5-11-21(17(3)13-15)24-26-23(19-7-9-20(29)10-8-19)27-25(28-24)22-12-6-16(2)14-18(22)4/h5-7,9-14,19,29H,8H2,1-4H3. The maximum absolute atomic E-state index is 9.68. The highest BCUT2D eigenvalue weighted by molar-refractivity contribution is 5.66. The Labute approximate surface area is 171 Å². The summed E-state index contributed by atoms with van der Waals surface area (Å²) in [4.78, 5) is 14.5. The van der Waals surface area contributed by atoms with Crippen molar-refractivity contribution in [2.24, 2.45) is 0 Å². The van der Waals surface area contributed by atoms with Crippen molar-refractivity contribution in [3.8, 4) is 22.8 Å². The van der Waals surface area contributed by atoms with E-state index in [-0.39, 0.29) is 5.92 Å². The average Bonchev–Trinajstić information content (AvgIpc) is 2.68. The maximum atomic E-state index is 9.68. The van der Waals surface area contributed by atoms with Gasteiger partial charge in [0.1, 0.15) is 11.6 Å². The molecule has 1 aliphatic rings. The van der Waals surface area contributed by atoms with Crippen LogP contribution >= 0.6 is 0 Å². The fraction of sp³-hybridized carbons (Fsp3) is 0.240. The van der Waals surface area contributed by atoms with E-state index in [0.29, 0.717) is 23.8 Å². The zero-order chi connectivity index (χ0) is 20.5. The number of aliphatic hydroxyl groups is 1. The first kappa shape index (κ1) is 19.1. The summed E-state index contributed by atoms with van der Waals surface area (Å²) in [6.45, 7) is 8.35. The monoisotopic (exact) mass is 383 g/mol. The Morgan fingerprint density at radius 3 is 1.79 bits per heavy atom. The van der Waals surface area contributed by atoms with Crippen molar-refractivity contribution in [3.05, 3.63) is 88.5 Å². The van der Waals surface area contributed by atoms with E-state index in [1.54, 1.807) is 6.08 Å². The summed E-state index contributed by atoms with van der Waals surface area (Å²) in [7, 11) is 0. The molecule has 29 heavy (non-hydrogen) atoms. The number of hydrogen-bond acceptors (Lipinski definition) is 4. The molecular formula is C25H25N3O. The van der Waals surface area contributed by atoms with Gasteiger partial charge in [-0.15, -0.1) is 0 Å². The third kappa shape index (κ3) is 3.97. The van der Waals surface area contributed by atoms with E-state index in [2.05, 4.69) is 64.1 Å². The molecule has 0 spiro atoms. The molecule has 1 N–H and O–H groups in total. The molecule has 1 aliphatic carbocycles. The van der Waals surface area contributed by atoms with Crippen LogP contribution in [0.2, 0.25) is 0 Å². The Morgan fingerprint density at radius 1 is 0.793 bits per heavy atom. The molecule has 0 fully saturated rings. The van der Waals surface area contributed by atoms with E-state index in [0.717, 1.165) is 28.1 Å². The van der Waals surface area contributed by atoms with Gasteiger partial charge in [-0.2, -0.15) is 0 Å². The quantitative estimate of drug-likeness (QED) is 0.609. The average molecular weight is 383 g/mol. The van der Waals surface area contributed by atoms with Gasteiger partial charge < -0.3 is 5.11 Å². The smallest absolute Gasteiger partial charge is 0.164 e. The van der Waals surface area contributed by atoms with Crippen LogP contribution in [0.15, 0.2) is 60.4 Å². The van der Waals surface area contributed by atoms with Crippen LogP contribution in [-0.4, -0.2) is 20.1 Å². The van der Waals surface area contributed by atoms with Crippen molar-refractivity contribution in [2.45, 2.75) is 40.0 Å². The van der Waals surface area contributed by atoms with Gasteiger partial charge in [0, 0.05) is 17.0 Å². The zero-order valence-corrected chi connectivity index (χ0v) is 17.3. The van der Waals surface area contributed by atoms with E-state index in [9.17, 15) is 5.11 Å². The second kappa shape index (κ2) is 7.63. The van der Waals surface area contributed by atoms with Crippen molar-refractivity contribution < 1.29 is 5.11 Å². The molecule has 2 aromatic carbocycles. The molecule has 4 rings (SSSR count).